The summed E-state index contributed by atoms with van der Waals surface area (Å²) in [5.74, 6) is 1.02. The van der Waals surface area contributed by atoms with Crippen molar-refractivity contribution in [2.75, 3.05) is 23.3 Å². The third-order valence-corrected chi connectivity index (χ3v) is 4.75. The Hall–Kier alpha value is -3.15. The molecule has 3 heterocycles. The molecule has 6 nitrogen and oxygen atoms in total. The SMILES string of the molecule is Cc1oc(-c2cccnc2)nc1CC(=O)Nc1ccc(N2CCCC2)cc1. The van der Waals surface area contributed by atoms with Crippen molar-refractivity contribution in [3.63, 3.8) is 0 Å². The smallest absolute Gasteiger partial charge is 0.230 e. The predicted octanol–water partition coefficient (Wildman–Crippen LogP) is 3.83. The molecule has 4 rings (SSSR count). The molecule has 0 bridgehead atoms. The predicted molar refractivity (Wildman–Crippen MR) is 105 cm³/mol. The number of hydrogen-bond donors (Lipinski definition) is 1. The maximum Gasteiger partial charge on any atom is 0.230 e. The lowest BCUT2D eigenvalue weighted by molar-refractivity contribution is -0.115. The van der Waals surface area contributed by atoms with Gasteiger partial charge in [0.15, 0.2) is 0 Å². The largest absolute Gasteiger partial charge is 0.441 e. The highest BCUT2D eigenvalue weighted by Gasteiger charge is 2.16. The number of hydrogen-bond acceptors (Lipinski definition) is 5. The van der Waals surface area contributed by atoms with E-state index in [2.05, 4.69) is 32.3 Å². The second-order valence-electron chi connectivity index (χ2n) is 6.73. The van der Waals surface area contributed by atoms with Gasteiger partial charge in [-0.25, -0.2) is 4.98 Å². The molecule has 1 aliphatic rings. The van der Waals surface area contributed by atoms with Crippen molar-refractivity contribution in [1.82, 2.24) is 9.97 Å². The molecule has 1 aromatic carbocycles. The van der Waals surface area contributed by atoms with Crippen molar-refractivity contribution >= 4 is 17.3 Å². The number of aryl methyl sites for hydroxylation is 1. The van der Waals surface area contributed by atoms with Crippen molar-refractivity contribution in [3.05, 3.63) is 60.2 Å². The fraction of sp³-hybridized carbons (Fsp3) is 0.286. The van der Waals surface area contributed by atoms with Gasteiger partial charge in [0.05, 0.1) is 17.7 Å². The van der Waals surface area contributed by atoms with E-state index in [1.54, 1.807) is 12.4 Å². The number of carbonyl (C=O) groups excluding carboxylic acids is 1. The molecule has 0 unspecified atom stereocenters. The Morgan fingerprint density at radius 1 is 1.19 bits per heavy atom. The van der Waals surface area contributed by atoms with Crippen LogP contribution in [0.1, 0.15) is 24.3 Å². The van der Waals surface area contributed by atoms with E-state index in [0.717, 1.165) is 24.3 Å². The standard InChI is InChI=1S/C21H22N4O2/c1-15-19(24-21(27-15)16-5-4-10-22-14-16)13-20(26)23-17-6-8-18(9-7-17)25-11-2-3-12-25/h4-10,14H,2-3,11-13H2,1H3,(H,23,26). The number of benzene rings is 1. The second-order valence-corrected chi connectivity index (χ2v) is 6.73. The zero-order valence-electron chi connectivity index (χ0n) is 15.3. The van der Waals surface area contributed by atoms with Gasteiger partial charge < -0.3 is 14.6 Å². The molecule has 0 radical (unpaired) electrons. The molecule has 0 spiro atoms. The van der Waals surface area contributed by atoms with Crippen LogP contribution < -0.4 is 10.2 Å². The first-order chi connectivity index (χ1) is 13.2. The molecule has 138 valence electrons. The van der Waals surface area contributed by atoms with Crippen molar-refractivity contribution in [3.8, 4) is 11.5 Å². The van der Waals surface area contributed by atoms with Crippen LogP contribution in [0.15, 0.2) is 53.2 Å². The van der Waals surface area contributed by atoms with E-state index in [4.69, 9.17) is 4.42 Å². The average Bonchev–Trinajstić information content (AvgIpc) is 3.34. The van der Waals surface area contributed by atoms with Crippen LogP contribution >= 0.6 is 0 Å². The van der Waals surface area contributed by atoms with Crippen molar-refractivity contribution in [2.45, 2.75) is 26.2 Å². The van der Waals surface area contributed by atoms with Gasteiger partial charge in [0, 0.05) is 36.9 Å². The number of nitrogens with one attached hydrogen (secondary N) is 1. The molecule has 6 heteroatoms. The highest BCUT2D eigenvalue weighted by Crippen LogP contribution is 2.23. The molecule has 1 N–H and O–H groups in total. The number of aromatic nitrogens is 2. The quantitative estimate of drug-likeness (QED) is 0.747. The summed E-state index contributed by atoms with van der Waals surface area (Å²) in [4.78, 5) is 23.3. The van der Waals surface area contributed by atoms with Gasteiger partial charge >= 0.3 is 0 Å². The third-order valence-electron chi connectivity index (χ3n) is 4.75. The van der Waals surface area contributed by atoms with Gasteiger partial charge in [-0.05, 0) is 56.2 Å². The second kappa shape index (κ2) is 7.61. The number of oxazole rings is 1. The molecule has 27 heavy (non-hydrogen) atoms. The lowest BCUT2D eigenvalue weighted by Crippen LogP contribution is -2.18. The number of carbonyl (C=O) groups is 1. The Labute approximate surface area is 158 Å². The maximum absolute atomic E-state index is 12.4. The normalized spacial score (nSPS) is 13.7. The molecular formula is C21H22N4O2. The van der Waals surface area contributed by atoms with E-state index >= 15 is 0 Å². The Balaban J connectivity index is 1.40. The first-order valence-corrected chi connectivity index (χ1v) is 9.20. The lowest BCUT2D eigenvalue weighted by atomic mass is 10.2. The van der Waals surface area contributed by atoms with Crippen molar-refractivity contribution in [1.29, 1.82) is 0 Å². The Morgan fingerprint density at radius 3 is 2.67 bits per heavy atom. The van der Waals surface area contributed by atoms with Gasteiger partial charge in [-0.2, -0.15) is 0 Å². The summed E-state index contributed by atoms with van der Waals surface area (Å²) < 4.78 is 5.69. The minimum atomic E-state index is -0.113. The molecule has 2 aromatic heterocycles. The van der Waals surface area contributed by atoms with Crippen LogP contribution in [0.5, 0.6) is 0 Å². The Kier molecular flexibility index (Phi) is 4.87. The maximum atomic E-state index is 12.4. The number of anilines is 2. The van der Waals surface area contributed by atoms with Gasteiger partial charge in [-0.15, -0.1) is 0 Å². The summed E-state index contributed by atoms with van der Waals surface area (Å²) in [7, 11) is 0. The lowest BCUT2D eigenvalue weighted by Gasteiger charge is -2.17. The number of amides is 1. The number of pyridine rings is 1. The fourth-order valence-corrected chi connectivity index (χ4v) is 3.29. The summed E-state index contributed by atoms with van der Waals surface area (Å²) in [5.41, 5.74) is 3.43. The molecule has 1 aliphatic heterocycles. The number of nitrogens with zero attached hydrogens (tertiary/aromatic N) is 3. The highest BCUT2D eigenvalue weighted by molar-refractivity contribution is 5.92. The molecule has 1 saturated heterocycles. The van der Waals surface area contributed by atoms with Crippen LogP contribution in [0.25, 0.3) is 11.5 Å². The molecule has 0 aliphatic carbocycles. The van der Waals surface area contributed by atoms with Crippen LogP contribution in [-0.2, 0) is 11.2 Å². The topological polar surface area (TPSA) is 71.3 Å². The van der Waals surface area contributed by atoms with Gasteiger partial charge in [0.1, 0.15) is 5.76 Å². The Bertz CT molecular complexity index is 913. The molecule has 0 saturated carbocycles. The summed E-state index contributed by atoms with van der Waals surface area (Å²) in [6.07, 6.45) is 6.05. The van der Waals surface area contributed by atoms with Crippen LogP contribution in [0.3, 0.4) is 0 Å². The summed E-state index contributed by atoms with van der Waals surface area (Å²) in [6, 6.07) is 11.7. The van der Waals surface area contributed by atoms with Gasteiger partial charge in [-0.3, -0.25) is 9.78 Å². The summed E-state index contributed by atoms with van der Waals surface area (Å²) in [6.45, 7) is 4.03. The summed E-state index contributed by atoms with van der Waals surface area (Å²) >= 11 is 0. The number of rotatable bonds is 5. The minimum Gasteiger partial charge on any atom is -0.441 e. The first-order valence-electron chi connectivity index (χ1n) is 9.20. The van der Waals surface area contributed by atoms with Crippen LogP contribution in [-0.4, -0.2) is 29.0 Å². The zero-order chi connectivity index (χ0) is 18.6. The molecule has 1 amide bonds. The van der Waals surface area contributed by atoms with E-state index in [0.29, 0.717) is 17.3 Å². The molecular weight excluding hydrogens is 340 g/mol. The summed E-state index contributed by atoms with van der Waals surface area (Å²) in [5, 5.41) is 2.93. The zero-order valence-corrected chi connectivity index (χ0v) is 15.3. The van der Waals surface area contributed by atoms with Crippen molar-refractivity contribution < 1.29 is 9.21 Å². The van der Waals surface area contributed by atoms with Gasteiger partial charge in [0.25, 0.3) is 0 Å². The van der Waals surface area contributed by atoms with Gasteiger partial charge in [0.2, 0.25) is 11.8 Å². The Morgan fingerprint density at radius 2 is 1.96 bits per heavy atom. The van der Waals surface area contributed by atoms with E-state index < -0.39 is 0 Å². The van der Waals surface area contributed by atoms with E-state index in [1.807, 2.05) is 31.2 Å². The minimum absolute atomic E-state index is 0.113. The highest BCUT2D eigenvalue weighted by atomic mass is 16.4. The molecule has 3 aromatic rings. The average molecular weight is 362 g/mol. The van der Waals surface area contributed by atoms with E-state index in [-0.39, 0.29) is 12.3 Å². The van der Waals surface area contributed by atoms with Crippen LogP contribution in [0, 0.1) is 6.92 Å². The molecule has 1 fully saturated rings. The monoisotopic (exact) mass is 362 g/mol. The fourth-order valence-electron chi connectivity index (χ4n) is 3.29. The molecule has 0 atom stereocenters. The van der Waals surface area contributed by atoms with Gasteiger partial charge in [-0.1, -0.05) is 0 Å². The third kappa shape index (κ3) is 4.00. The van der Waals surface area contributed by atoms with Crippen molar-refractivity contribution in [2.24, 2.45) is 0 Å². The van der Waals surface area contributed by atoms with E-state index in [9.17, 15) is 4.79 Å². The van der Waals surface area contributed by atoms with Crippen LogP contribution in [0.2, 0.25) is 0 Å². The van der Waals surface area contributed by atoms with E-state index in [1.165, 1.54) is 18.5 Å². The van der Waals surface area contributed by atoms with Crippen LogP contribution in [0.4, 0.5) is 11.4 Å². The first kappa shape index (κ1) is 17.3.